The predicted molar refractivity (Wildman–Crippen MR) is 110 cm³/mol. The third-order valence-electron chi connectivity index (χ3n) is 5.79. The SMILES string of the molecule is Cl.Cl.O=C(C1CC2CCCCC2N1)N1CCN(c2ccc(Cl)cn2)CC1. The molecule has 26 heavy (non-hydrogen) atoms. The van der Waals surface area contributed by atoms with Crippen LogP contribution in [0, 0.1) is 5.92 Å². The number of nitrogens with one attached hydrogen (secondary N) is 1. The number of anilines is 1. The first-order chi connectivity index (χ1) is 11.7. The molecule has 1 aromatic heterocycles. The van der Waals surface area contributed by atoms with Crippen LogP contribution in [0.5, 0.6) is 0 Å². The van der Waals surface area contributed by atoms with Crippen molar-refractivity contribution in [1.29, 1.82) is 0 Å². The van der Waals surface area contributed by atoms with E-state index in [1.807, 2.05) is 17.0 Å². The second kappa shape index (κ2) is 9.45. The van der Waals surface area contributed by atoms with Gasteiger partial charge in [-0.25, -0.2) is 4.98 Å². The number of carbonyl (C=O) groups is 1. The number of fused-ring (bicyclic) bond motifs is 1. The minimum atomic E-state index is 0. The molecule has 8 heteroatoms. The first-order valence-corrected chi connectivity index (χ1v) is 9.50. The zero-order valence-corrected chi connectivity index (χ0v) is 17.2. The molecule has 2 aliphatic heterocycles. The largest absolute Gasteiger partial charge is 0.353 e. The van der Waals surface area contributed by atoms with Crippen LogP contribution in [0.3, 0.4) is 0 Å². The van der Waals surface area contributed by atoms with E-state index in [-0.39, 0.29) is 30.9 Å². The highest BCUT2D eigenvalue weighted by atomic mass is 35.5. The summed E-state index contributed by atoms with van der Waals surface area (Å²) in [5, 5.41) is 4.26. The molecule has 1 N–H and O–H groups in total. The van der Waals surface area contributed by atoms with Gasteiger partial charge in [0.2, 0.25) is 5.91 Å². The maximum atomic E-state index is 12.8. The van der Waals surface area contributed by atoms with Crippen molar-refractivity contribution in [3.63, 3.8) is 0 Å². The minimum absolute atomic E-state index is 0. The summed E-state index contributed by atoms with van der Waals surface area (Å²) >= 11 is 5.90. The smallest absolute Gasteiger partial charge is 0.239 e. The molecule has 1 aromatic rings. The van der Waals surface area contributed by atoms with Crippen molar-refractivity contribution in [1.82, 2.24) is 15.2 Å². The van der Waals surface area contributed by atoms with Crippen LogP contribution in [0.4, 0.5) is 5.82 Å². The van der Waals surface area contributed by atoms with Crippen LogP contribution in [-0.2, 0) is 4.79 Å². The average Bonchev–Trinajstić information content (AvgIpc) is 3.06. The van der Waals surface area contributed by atoms with Crippen LogP contribution >= 0.6 is 36.4 Å². The molecule has 0 spiro atoms. The number of carbonyl (C=O) groups excluding carboxylic acids is 1. The summed E-state index contributed by atoms with van der Waals surface area (Å²) in [7, 11) is 0. The molecule has 146 valence electrons. The number of aromatic nitrogens is 1. The second-order valence-corrected chi connectivity index (χ2v) is 7.69. The molecular weight excluding hydrogens is 395 g/mol. The van der Waals surface area contributed by atoms with Crippen molar-refractivity contribution in [2.75, 3.05) is 31.1 Å². The van der Waals surface area contributed by atoms with Gasteiger partial charge in [-0.2, -0.15) is 0 Å². The summed E-state index contributed by atoms with van der Waals surface area (Å²) in [6.45, 7) is 3.22. The number of hydrogen-bond acceptors (Lipinski definition) is 4. The molecule has 3 fully saturated rings. The fraction of sp³-hybridized carbons (Fsp3) is 0.667. The van der Waals surface area contributed by atoms with E-state index in [9.17, 15) is 4.79 Å². The summed E-state index contributed by atoms with van der Waals surface area (Å²) < 4.78 is 0. The number of pyridine rings is 1. The summed E-state index contributed by atoms with van der Waals surface area (Å²) in [5.74, 6) is 1.96. The van der Waals surface area contributed by atoms with Crippen molar-refractivity contribution in [3.8, 4) is 0 Å². The van der Waals surface area contributed by atoms with Crippen LogP contribution < -0.4 is 10.2 Å². The van der Waals surface area contributed by atoms with Crippen LogP contribution in [0.25, 0.3) is 0 Å². The van der Waals surface area contributed by atoms with Crippen molar-refractivity contribution in [3.05, 3.63) is 23.4 Å². The zero-order chi connectivity index (χ0) is 16.5. The van der Waals surface area contributed by atoms with Crippen molar-refractivity contribution in [2.45, 2.75) is 44.2 Å². The van der Waals surface area contributed by atoms with Gasteiger partial charge < -0.3 is 15.1 Å². The normalized spacial score (nSPS) is 28.0. The lowest BCUT2D eigenvalue weighted by Gasteiger charge is -2.36. The Hall–Kier alpha value is -0.750. The van der Waals surface area contributed by atoms with Crippen LogP contribution in [0.2, 0.25) is 5.02 Å². The highest BCUT2D eigenvalue weighted by Gasteiger charge is 2.40. The van der Waals surface area contributed by atoms with E-state index in [0.717, 1.165) is 38.4 Å². The Morgan fingerprint density at radius 1 is 1.12 bits per heavy atom. The fourth-order valence-electron chi connectivity index (χ4n) is 4.44. The quantitative estimate of drug-likeness (QED) is 0.797. The number of rotatable bonds is 2. The molecule has 0 aromatic carbocycles. The molecule has 1 aliphatic carbocycles. The standard InChI is InChI=1S/C18H25ClN4O.2ClH/c19-14-5-6-17(20-12-14)22-7-9-23(10-8-22)18(24)16-11-13-3-1-2-4-15(13)21-16;;/h5-6,12-13,15-16,21H,1-4,7-11H2;2*1H. The summed E-state index contributed by atoms with van der Waals surface area (Å²) in [6.07, 6.45) is 7.88. The maximum absolute atomic E-state index is 12.8. The summed E-state index contributed by atoms with van der Waals surface area (Å²) in [6, 6.07) is 4.43. The average molecular weight is 422 g/mol. The number of hydrogen-bond donors (Lipinski definition) is 1. The zero-order valence-electron chi connectivity index (χ0n) is 14.8. The van der Waals surface area contributed by atoms with Crippen molar-refractivity contribution in [2.24, 2.45) is 5.92 Å². The first-order valence-electron chi connectivity index (χ1n) is 9.12. The molecule has 3 atom stereocenters. The van der Waals surface area contributed by atoms with Crippen LogP contribution in [-0.4, -0.2) is 54.1 Å². The van der Waals surface area contributed by atoms with E-state index in [1.165, 1.54) is 25.7 Å². The Morgan fingerprint density at radius 3 is 2.50 bits per heavy atom. The van der Waals surface area contributed by atoms with Gasteiger partial charge in [0.25, 0.3) is 0 Å². The topological polar surface area (TPSA) is 48.5 Å². The molecular formula is C18H27Cl3N4O. The lowest BCUT2D eigenvalue weighted by molar-refractivity contribution is -0.133. The van der Waals surface area contributed by atoms with Crippen molar-refractivity contribution < 1.29 is 4.79 Å². The lowest BCUT2D eigenvalue weighted by atomic mass is 9.85. The van der Waals surface area contributed by atoms with Crippen LogP contribution in [0.15, 0.2) is 18.3 Å². The Bertz CT molecular complexity index is 579. The van der Waals surface area contributed by atoms with E-state index < -0.39 is 0 Å². The maximum Gasteiger partial charge on any atom is 0.239 e. The number of nitrogens with zero attached hydrogens (tertiary/aromatic N) is 3. The Labute approximate surface area is 172 Å². The number of piperazine rings is 1. The molecule has 3 unspecified atom stereocenters. The molecule has 1 amide bonds. The Morgan fingerprint density at radius 2 is 1.85 bits per heavy atom. The van der Waals surface area contributed by atoms with Gasteiger partial charge >= 0.3 is 0 Å². The monoisotopic (exact) mass is 420 g/mol. The molecule has 0 radical (unpaired) electrons. The third kappa shape index (κ3) is 4.56. The third-order valence-corrected chi connectivity index (χ3v) is 6.01. The highest BCUT2D eigenvalue weighted by molar-refractivity contribution is 6.30. The van der Waals surface area contributed by atoms with Gasteiger partial charge in [-0.1, -0.05) is 24.4 Å². The van der Waals surface area contributed by atoms with Gasteiger partial charge in [0.15, 0.2) is 0 Å². The molecule has 1 saturated carbocycles. The van der Waals surface area contributed by atoms with E-state index in [4.69, 9.17) is 11.6 Å². The van der Waals surface area contributed by atoms with Gasteiger partial charge in [0, 0.05) is 38.4 Å². The van der Waals surface area contributed by atoms with E-state index in [0.29, 0.717) is 22.9 Å². The minimum Gasteiger partial charge on any atom is -0.353 e. The lowest BCUT2D eigenvalue weighted by Crippen LogP contribution is -2.53. The predicted octanol–water partition coefficient (Wildman–Crippen LogP) is 3.15. The molecule has 3 heterocycles. The fourth-order valence-corrected chi connectivity index (χ4v) is 4.55. The second-order valence-electron chi connectivity index (χ2n) is 7.25. The highest BCUT2D eigenvalue weighted by Crippen LogP contribution is 2.33. The van der Waals surface area contributed by atoms with Gasteiger partial charge in [-0.3, -0.25) is 4.79 Å². The molecule has 5 nitrogen and oxygen atoms in total. The van der Waals surface area contributed by atoms with E-state index in [1.54, 1.807) is 6.20 Å². The van der Waals surface area contributed by atoms with Gasteiger partial charge in [-0.05, 0) is 37.3 Å². The first kappa shape index (κ1) is 21.5. The Kier molecular flexibility index (Phi) is 7.83. The summed E-state index contributed by atoms with van der Waals surface area (Å²) in [5.41, 5.74) is 0. The Balaban J connectivity index is 0.00000121. The van der Waals surface area contributed by atoms with Gasteiger partial charge in [0.1, 0.15) is 5.82 Å². The molecule has 2 saturated heterocycles. The number of halogens is 3. The van der Waals surface area contributed by atoms with Gasteiger partial charge in [-0.15, -0.1) is 24.8 Å². The molecule has 3 aliphatic rings. The molecule has 0 bridgehead atoms. The van der Waals surface area contributed by atoms with Crippen LogP contribution in [0.1, 0.15) is 32.1 Å². The molecule has 4 rings (SSSR count). The van der Waals surface area contributed by atoms with E-state index >= 15 is 0 Å². The van der Waals surface area contributed by atoms with E-state index in [2.05, 4.69) is 15.2 Å². The summed E-state index contributed by atoms with van der Waals surface area (Å²) in [4.78, 5) is 21.5. The van der Waals surface area contributed by atoms with Gasteiger partial charge in [0.05, 0.1) is 11.1 Å². The number of amides is 1. The van der Waals surface area contributed by atoms with Crippen molar-refractivity contribution >= 4 is 48.1 Å².